The average Bonchev–Trinajstić information content (AvgIpc) is 2.84. The molecule has 2 amide bonds. The number of carbonyl (C=O) groups excluding carboxylic acids is 1. The number of phenols is 1. The highest BCUT2D eigenvalue weighted by Crippen LogP contribution is 2.22. The Morgan fingerprint density at radius 1 is 1.43 bits per heavy atom. The lowest BCUT2D eigenvalue weighted by molar-refractivity contribution is 0.0697. The summed E-state index contributed by atoms with van der Waals surface area (Å²) in [5.41, 5.74) is -0.0313. The fourth-order valence-electron chi connectivity index (χ4n) is 2.25. The minimum absolute atomic E-state index is 0.105. The number of phenolic OH excluding ortho intramolecular Hbond substituents is 1. The van der Waals surface area contributed by atoms with Crippen LogP contribution in [0, 0.1) is 5.92 Å². The van der Waals surface area contributed by atoms with E-state index in [1.165, 1.54) is 12.1 Å². The van der Waals surface area contributed by atoms with Gasteiger partial charge in [-0.2, -0.15) is 0 Å². The van der Waals surface area contributed by atoms with Crippen molar-refractivity contribution in [3.05, 3.63) is 23.8 Å². The molecular formula is C14H18N2O5. The Bertz CT molecular complexity index is 546. The number of urea groups is 1. The van der Waals surface area contributed by atoms with E-state index >= 15 is 0 Å². The van der Waals surface area contributed by atoms with Crippen molar-refractivity contribution in [1.82, 2.24) is 5.32 Å². The number of anilines is 1. The van der Waals surface area contributed by atoms with Gasteiger partial charge in [0.15, 0.2) is 0 Å². The molecule has 0 spiro atoms. The van der Waals surface area contributed by atoms with Crippen LogP contribution in [0.25, 0.3) is 0 Å². The number of aromatic hydroxyl groups is 1. The number of carbonyl (C=O) groups is 2. The SMILES string of the molecule is CC1OCCC1CNC(=O)Nc1ccc(O)cc1C(=O)O. The van der Waals surface area contributed by atoms with Gasteiger partial charge in [0.2, 0.25) is 0 Å². The number of rotatable bonds is 4. The molecule has 1 saturated heterocycles. The summed E-state index contributed by atoms with van der Waals surface area (Å²) in [6.45, 7) is 3.11. The summed E-state index contributed by atoms with van der Waals surface area (Å²) in [6, 6.07) is 3.27. The summed E-state index contributed by atoms with van der Waals surface area (Å²) >= 11 is 0. The molecule has 0 saturated carbocycles. The minimum atomic E-state index is -1.22. The Balaban J connectivity index is 1.95. The minimum Gasteiger partial charge on any atom is -0.508 e. The van der Waals surface area contributed by atoms with E-state index in [0.717, 1.165) is 12.5 Å². The number of carboxylic acid groups (broad SMARTS) is 1. The van der Waals surface area contributed by atoms with E-state index in [0.29, 0.717) is 13.2 Å². The second kappa shape index (κ2) is 6.45. The Hall–Kier alpha value is -2.28. The van der Waals surface area contributed by atoms with Crippen molar-refractivity contribution in [3.63, 3.8) is 0 Å². The second-order valence-electron chi connectivity index (χ2n) is 4.99. The monoisotopic (exact) mass is 294 g/mol. The number of nitrogens with one attached hydrogen (secondary N) is 2. The van der Waals surface area contributed by atoms with Gasteiger partial charge in [0, 0.05) is 19.1 Å². The van der Waals surface area contributed by atoms with Crippen molar-refractivity contribution < 1.29 is 24.5 Å². The van der Waals surface area contributed by atoms with E-state index in [4.69, 9.17) is 9.84 Å². The van der Waals surface area contributed by atoms with Gasteiger partial charge in [0.25, 0.3) is 0 Å². The van der Waals surface area contributed by atoms with Crippen LogP contribution in [0.1, 0.15) is 23.7 Å². The summed E-state index contributed by atoms with van der Waals surface area (Å²) < 4.78 is 5.40. The van der Waals surface area contributed by atoms with E-state index in [1.54, 1.807) is 0 Å². The molecule has 1 heterocycles. The molecule has 1 aliphatic heterocycles. The normalized spacial score (nSPS) is 21.0. The van der Waals surface area contributed by atoms with Crippen molar-refractivity contribution in [2.45, 2.75) is 19.4 Å². The number of hydrogen-bond donors (Lipinski definition) is 4. The predicted octanol–water partition coefficient (Wildman–Crippen LogP) is 1.64. The van der Waals surface area contributed by atoms with Gasteiger partial charge in [-0.15, -0.1) is 0 Å². The first-order valence-electron chi connectivity index (χ1n) is 6.70. The molecule has 2 unspecified atom stereocenters. The molecule has 1 aromatic carbocycles. The lowest BCUT2D eigenvalue weighted by Crippen LogP contribution is -2.35. The van der Waals surface area contributed by atoms with Crippen LogP contribution < -0.4 is 10.6 Å². The average molecular weight is 294 g/mol. The maximum absolute atomic E-state index is 11.8. The zero-order chi connectivity index (χ0) is 15.4. The van der Waals surface area contributed by atoms with Crippen LogP contribution in [0.4, 0.5) is 10.5 Å². The highest BCUT2D eigenvalue weighted by molar-refractivity contribution is 6.00. The van der Waals surface area contributed by atoms with Gasteiger partial charge in [0.1, 0.15) is 5.75 Å². The third kappa shape index (κ3) is 3.85. The van der Waals surface area contributed by atoms with Gasteiger partial charge in [0.05, 0.1) is 17.4 Å². The number of benzene rings is 1. The van der Waals surface area contributed by atoms with Crippen molar-refractivity contribution in [1.29, 1.82) is 0 Å². The van der Waals surface area contributed by atoms with Crippen molar-refractivity contribution >= 4 is 17.7 Å². The molecule has 7 heteroatoms. The van der Waals surface area contributed by atoms with Crippen molar-refractivity contribution in [2.24, 2.45) is 5.92 Å². The molecule has 21 heavy (non-hydrogen) atoms. The molecule has 1 aromatic rings. The van der Waals surface area contributed by atoms with Crippen molar-refractivity contribution in [2.75, 3.05) is 18.5 Å². The first kappa shape index (κ1) is 15.1. The van der Waals surface area contributed by atoms with Crippen LogP contribution in [0.15, 0.2) is 18.2 Å². The van der Waals surface area contributed by atoms with Crippen LogP contribution in [0.2, 0.25) is 0 Å². The van der Waals surface area contributed by atoms with E-state index in [-0.39, 0.29) is 29.0 Å². The highest BCUT2D eigenvalue weighted by atomic mass is 16.5. The lowest BCUT2D eigenvalue weighted by atomic mass is 10.0. The summed E-state index contributed by atoms with van der Waals surface area (Å²) in [6.07, 6.45) is 0.995. The van der Waals surface area contributed by atoms with Gasteiger partial charge in [-0.05, 0) is 31.5 Å². The molecule has 1 aliphatic rings. The fourth-order valence-corrected chi connectivity index (χ4v) is 2.25. The third-order valence-electron chi connectivity index (χ3n) is 3.54. The molecule has 0 radical (unpaired) electrons. The van der Waals surface area contributed by atoms with Crippen LogP contribution in [-0.2, 0) is 4.74 Å². The van der Waals surface area contributed by atoms with E-state index in [1.807, 2.05) is 6.92 Å². The van der Waals surface area contributed by atoms with Crippen LogP contribution in [0.3, 0.4) is 0 Å². The maximum atomic E-state index is 11.8. The van der Waals surface area contributed by atoms with Gasteiger partial charge in [-0.25, -0.2) is 9.59 Å². The fraction of sp³-hybridized carbons (Fsp3) is 0.429. The summed E-state index contributed by atoms with van der Waals surface area (Å²) in [5, 5.41) is 23.5. The van der Waals surface area contributed by atoms with E-state index in [2.05, 4.69) is 10.6 Å². The number of carboxylic acids is 1. The van der Waals surface area contributed by atoms with E-state index in [9.17, 15) is 14.7 Å². The Morgan fingerprint density at radius 3 is 2.81 bits per heavy atom. The number of aromatic carboxylic acids is 1. The molecule has 0 aromatic heterocycles. The molecule has 114 valence electrons. The molecule has 0 bridgehead atoms. The first-order chi connectivity index (χ1) is 9.97. The van der Waals surface area contributed by atoms with Gasteiger partial charge in [-0.3, -0.25) is 0 Å². The zero-order valence-corrected chi connectivity index (χ0v) is 11.6. The van der Waals surface area contributed by atoms with E-state index < -0.39 is 12.0 Å². The van der Waals surface area contributed by atoms with Gasteiger partial charge < -0.3 is 25.6 Å². The predicted molar refractivity (Wildman–Crippen MR) is 75.6 cm³/mol. The molecule has 1 fully saturated rings. The quantitative estimate of drug-likeness (QED) is 0.631. The smallest absolute Gasteiger partial charge is 0.337 e. The maximum Gasteiger partial charge on any atom is 0.337 e. The van der Waals surface area contributed by atoms with Gasteiger partial charge >= 0.3 is 12.0 Å². The standard InChI is InChI=1S/C14H18N2O5/c1-8-9(4-5-21-8)7-15-14(20)16-12-3-2-10(17)6-11(12)13(18)19/h2-3,6,8-9,17H,4-5,7H2,1H3,(H,18,19)(H2,15,16,20). The van der Waals surface area contributed by atoms with Crippen molar-refractivity contribution in [3.8, 4) is 5.75 Å². The van der Waals surface area contributed by atoms with Gasteiger partial charge in [-0.1, -0.05) is 0 Å². The Morgan fingerprint density at radius 2 is 2.19 bits per heavy atom. The lowest BCUT2D eigenvalue weighted by Gasteiger charge is -2.15. The van der Waals surface area contributed by atoms with Crippen LogP contribution in [-0.4, -0.2) is 41.5 Å². The molecule has 2 atom stereocenters. The summed E-state index contributed by atoms with van der Waals surface area (Å²) in [5.74, 6) is -1.14. The molecule has 2 rings (SSSR count). The third-order valence-corrected chi connectivity index (χ3v) is 3.54. The number of ether oxygens (including phenoxy) is 1. The second-order valence-corrected chi connectivity index (χ2v) is 4.99. The molecule has 0 aliphatic carbocycles. The number of hydrogen-bond acceptors (Lipinski definition) is 4. The first-order valence-corrected chi connectivity index (χ1v) is 6.70. The van der Waals surface area contributed by atoms with Crippen LogP contribution >= 0.6 is 0 Å². The topological polar surface area (TPSA) is 108 Å². The highest BCUT2D eigenvalue weighted by Gasteiger charge is 2.24. The van der Waals surface area contributed by atoms with Crippen LogP contribution in [0.5, 0.6) is 5.75 Å². The number of amides is 2. The molecule has 7 nitrogen and oxygen atoms in total. The largest absolute Gasteiger partial charge is 0.508 e. The zero-order valence-electron chi connectivity index (χ0n) is 11.6. The Kier molecular flexibility index (Phi) is 4.64. The summed E-state index contributed by atoms with van der Waals surface area (Å²) in [4.78, 5) is 22.9. The summed E-state index contributed by atoms with van der Waals surface area (Å²) in [7, 11) is 0. The Labute approximate surface area is 121 Å². The molecule has 4 N–H and O–H groups in total. The molecular weight excluding hydrogens is 276 g/mol.